The minimum absolute atomic E-state index is 0.620. The van der Waals surface area contributed by atoms with E-state index in [1.807, 2.05) is 28.9 Å². The van der Waals surface area contributed by atoms with E-state index in [0.29, 0.717) is 4.58 Å². The third-order valence-electron chi connectivity index (χ3n) is 0.759. The second-order valence-electron chi connectivity index (χ2n) is 1.25. The van der Waals surface area contributed by atoms with Crippen molar-refractivity contribution < 1.29 is 0 Å². The Labute approximate surface area is 57.4 Å². The van der Waals surface area contributed by atoms with E-state index in [2.05, 4.69) is 0 Å². The lowest BCUT2D eigenvalue weighted by atomic mass is 11.0. The van der Waals surface area contributed by atoms with Gasteiger partial charge in [0.1, 0.15) is 0 Å². The Balaban J connectivity index is 2.26. The van der Waals surface area contributed by atoms with E-state index in [-0.39, 0.29) is 0 Å². The molecule has 0 nitrogen and oxygen atoms in total. The molecular weight excluding hydrogens is 144 g/mol. The average molecular weight is 150 g/mol. The van der Waals surface area contributed by atoms with Gasteiger partial charge in [0.05, 0.1) is 4.58 Å². The molecule has 0 atom stereocenters. The standard InChI is InChI=1S/C4H6S3/c5-3-4-6-1-2-7-4/h3-4H,1-2H2. The molecule has 1 aliphatic rings. The summed E-state index contributed by atoms with van der Waals surface area (Å²) in [5.41, 5.74) is 0. The molecule has 0 aromatic heterocycles. The fourth-order valence-electron chi connectivity index (χ4n) is 0.455. The van der Waals surface area contributed by atoms with Crippen molar-refractivity contribution in [3.05, 3.63) is 0 Å². The van der Waals surface area contributed by atoms with Crippen molar-refractivity contribution >= 4 is 41.1 Å². The van der Waals surface area contributed by atoms with Crippen LogP contribution in [0.25, 0.3) is 0 Å². The molecule has 1 aliphatic heterocycles. The SMILES string of the molecule is S=CC1SCCS1. The molecule has 0 aromatic carbocycles. The van der Waals surface area contributed by atoms with E-state index >= 15 is 0 Å². The predicted molar refractivity (Wildman–Crippen MR) is 42.4 cm³/mol. The van der Waals surface area contributed by atoms with Gasteiger partial charge in [-0.15, -0.1) is 23.5 Å². The highest BCUT2D eigenvalue weighted by atomic mass is 32.2. The molecule has 0 aromatic rings. The Bertz CT molecular complexity index is 65.3. The minimum atomic E-state index is 0.620. The molecule has 0 bridgehead atoms. The highest BCUT2D eigenvalue weighted by Crippen LogP contribution is 2.29. The van der Waals surface area contributed by atoms with Gasteiger partial charge in [0.2, 0.25) is 0 Å². The van der Waals surface area contributed by atoms with Crippen molar-refractivity contribution in [2.45, 2.75) is 4.58 Å². The van der Waals surface area contributed by atoms with Crippen molar-refractivity contribution in [3.63, 3.8) is 0 Å². The first-order chi connectivity index (χ1) is 3.43. The topological polar surface area (TPSA) is 0 Å². The van der Waals surface area contributed by atoms with E-state index in [1.54, 1.807) is 0 Å². The highest BCUT2D eigenvalue weighted by molar-refractivity contribution is 8.21. The van der Waals surface area contributed by atoms with Gasteiger partial charge in [-0.3, -0.25) is 0 Å². The summed E-state index contributed by atoms with van der Waals surface area (Å²) >= 11 is 8.64. The first-order valence-corrected chi connectivity index (χ1v) is 4.69. The van der Waals surface area contributed by atoms with Crippen molar-refractivity contribution in [2.24, 2.45) is 0 Å². The maximum absolute atomic E-state index is 4.75. The van der Waals surface area contributed by atoms with Gasteiger partial charge in [0.25, 0.3) is 0 Å². The van der Waals surface area contributed by atoms with Crippen LogP contribution in [0.15, 0.2) is 0 Å². The molecule has 0 amide bonds. The fourth-order valence-corrected chi connectivity index (χ4v) is 3.28. The number of thioether (sulfide) groups is 2. The van der Waals surface area contributed by atoms with Gasteiger partial charge in [-0.05, 0) is 0 Å². The zero-order chi connectivity index (χ0) is 5.11. The third kappa shape index (κ3) is 1.63. The Morgan fingerprint density at radius 2 is 2.00 bits per heavy atom. The van der Waals surface area contributed by atoms with E-state index in [4.69, 9.17) is 12.2 Å². The van der Waals surface area contributed by atoms with Crippen LogP contribution in [-0.4, -0.2) is 21.5 Å². The zero-order valence-electron chi connectivity index (χ0n) is 3.79. The maximum atomic E-state index is 4.75. The summed E-state index contributed by atoms with van der Waals surface area (Å²) in [6, 6.07) is 0. The summed E-state index contributed by atoms with van der Waals surface area (Å²) in [6.45, 7) is 0. The third-order valence-corrected chi connectivity index (χ3v) is 4.26. The summed E-state index contributed by atoms with van der Waals surface area (Å²) in [4.78, 5) is 0. The summed E-state index contributed by atoms with van der Waals surface area (Å²) < 4.78 is 0.620. The number of hydrogen-bond donors (Lipinski definition) is 0. The van der Waals surface area contributed by atoms with Crippen LogP contribution in [0.5, 0.6) is 0 Å². The molecule has 40 valence electrons. The summed E-state index contributed by atoms with van der Waals surface area (Å²) in [6.07, 6.45) is 0. The Hall–Kier alpha value is 0.790. The monoisotopic (exact) mass is 150 g/mol. The molecule has 0 N–H and O–H groups in total. The Kier molecular flexibility index (Phi) is 2.49. The van der Waals surface area contributed by atoms with Crippen molar-refractivity contribution in [2.75, 3.05) is 11.5 Å². The molecule has 7 heavy (non-hydrogen) atoms. The van der Waals surface area contributed by atoms with Crippen LogP contribution in [0.3, 0.4) is 0 Å². The van der Waals surface area contributed by atoms with Crippen LogP contribution in [0, 0.1) is 0 Å². The minimum Gasteiger partial charge on any atom is -0.142 e. The van der Waals surface area contributed by atoms with E-state index < -0.39 is 0 Å². The molecule has 0 unspecified atom stereocenters. The second-order valence-corrected chi connectivity index (χ2v) is 4.32. The average Bonchev–Trinajstić information content (AvgIpc) is 2.14. The van der Waals surface area contributed by atoms with Gasteiger partial charge < -0.3 is 0 Å². The summed E-state index contributed by atoms with van der Waals surface area (Å²) in [7, 11) is 0. The smallest absolute Gasteiger partial charge is 0.0784 e. The lowest BCUT2D eigenvalue weighted by Gasteiger charge is -1.92. The molecule has 0 saturated carbocycles. The molecule has 1 heterocycles. The van der Waals surface area contributed by atoms with Crippen molar-refractivity contribution in [3.8, 4) is 0 Å². The van der Waals surface area contributed by atoms with E-state index in [9.17, 15) is 0 Å². The molecule has 1 fully saturated rings. The predicted octanol–water partition coefficient (Wildman–Crippen LogP) is 1.79. The molecule has 1 saturated heterocycles. The van der Waals surface area contributed by atoms with Gasteiger partial charge in [0.15, 0.2) is 0 Å². The quantitative estimate of drug-likeness (QED) is 0.523. The number of rotatable bonds is 1. The molecule has 0 aliphatic carbocycles. The molecule has 3 heteroatoms. The van der Waals surface area contributed by atoms with Crippen LogP contribution in [0.1, 0.15) is 0 Å². The van der Waals surface area contributed by atoms with Crippen LogP contribution in [-0.2, 0) is 0 Å². The molecular formula is C4H6S3. The fraction of sp³-hybridized carbons (Fsp3) is 0.750. The molecule has 1 rings (SSSR count). The first kappa shape index (κ1) is 5.92. The first-order valence-electron chi connectivity index (χ1n) is 2.12. The van der Waals surface area contributed by atoms with Crippen LogP contribution in [0.4, 0.5) is 0 Å². The van der Waals surface area contributed by atoms with Crippen molar-refractivity contribution in [1.82, 2.24) is 0 Å². The molecule has 0 radical (unpaired) electrons. The second kappa shape index (κ2) is 2.95. The van der Waals surface area contributed by atoms with Gasteiger partial charge in [-0.1, -0.05) is 12.2 Å². The normalized spacial score (nSPS) is 22.9. The highest BCUT2D eigenvalue weighted by Gasteiger charge is 2.11. The van der Waals surface area contributed by atoms with Crippen LogP contribution >= 0.6 is 35.7 Å². The van der Waals surface area contributed by atoms with Gasteiger partial charge in [-0.25, -0.2) is 0 Å². The van der Waals surface area contributed by atoms with Crippen LogP contribution < -0.4 is 0 Å². The number of hydrogen-bond acceptors (Lipinski definition) is 3. The zero-order valence-corrected chi connectivity index (χ0v) is 6.24. The lowest BCUT2D eigenvalue weighted by molar-refractivity contribution is 1.59. The number of thiocarbonyl (C=S) groups is 1. The van der Waals surface area contributed by atoms with Gasteiger partial charge in [-0.2, -0.15) is 0 Å². The van der Waals surface area contributed by atoms with Gasteiger partial charge in [0, 0.05) is 16.9 Å². The van der Waals surface area contributed by atoms with Gasteiger partial charge >= 0.3 is 0 Å². The maximum Gasteiger partial charge on any atom is 0.0784 e. The summed E-state index contributed by atoms with van der Waals surface area (Å²) in [5, 5.41) is 1.85. The summed E-state index contributed by atoms with van der Waals surface area (Å²) in [5.74, 6) is 2.56. The largest absolute Gasteiger partial charge is 0.142 e. The van der Waals surface area contributed by atoms with Crippen molar-refractivity contribution in [1.29, 1.82) is 0 Å². The molecule has 0 spiro atoms. The van der Waals surface area contributed by atoms with E-state index in [0.717, 1.165) is 0 Å². The lowest BCUT2D eigenvalue weighted by Crippen LogP contribution is -1.86. The Morgan fingerprint density at radius 1 is 1.43 bits per heavy atom. The Morgan fingerprint density at radius 3 is 2.29 bits per heavy atom. The van der Waals surface area contributed by atoms with Crippen LogP contribution in [0.2, 0.25) is 0 Å². The van der Waals surface area contributed by atoms with E-state index in [1.165, 1.54) is 11.5 Å².